The topological polar surface area (TPSA) is 42.7 Å². The molecule has 0 radical (unpaired) electrons. The van der Waals surface area contributed by atoms with Gasteiger partial charge in [0.2, 0.25) is 0 Å². The fourth-order valence-electron chi connectivity index (χ4n) is 1.90. The standard InChI is InChI=1S/C13H26N4/c1-5-6-7-8-12(4)14-9-13-15-10-16-17(13)11(2)3/h10-12,14H,5-9H2,1-4H3. The van der Waals surface area contributed by atoms with Crippen LogP contribution in [-0.2, 0) is 6.54 Å². The lowest BCUT2D eigenvalue weighted by Crippen LogP contribution is -2.27. The zero-order valence-corrected chi connectivity index (χ0v) is 11.6. The first-order chi connectivity index (χ1) is 8.15. The zero-order chi connectivity index (χ0) is 12.7. The van der Waals surface area contributed by atoms with Crippen LogP contribution in [-0.4, -0.2) is 20.8 Å². The zero-order valence-electron chi connectivity index (χ0n) is 11.6. The average molecular weight is 238 g/mol. The molecule has 1 aromatic rings. The van der Waals surface area contributed by atoms with Crippen molar-refractivity contribution in [3.8, 4) is 0 Å². The van der Waals surface area contributed by atoms with E-state index in [1.165, 1.54) is 25.7 Å². The molecule has 4 nitrogen and oxygen atoms in total. The van der Waals surface area contributed by atoms with E-state index in [1.807, 2.05) is 4.68 Å². The normalized spacial score (nSPS) is 13.2. The second-order valence-corrected chi connectivity index (χ2v) is 4.99. The largest absolute Gasteiger partial charge is 0.307 e. The number of nitrogens with one attached hydrogen (secondary N) is 1. The predicted octanol–water partition coefficient (Wildman–Crippen LogP) is 2.92. The van der Waals surface area contributed by atoms with E-state index in [0.717, 1.165) is 12.4 Å². The summed E-state index contributed by atoms with van der Waals surface area (Å²) < 4.78 is 1.98. The van der Waals surface area contributed by atoms with Crippen LogP contribution in [0.3, 0.4) is 0 Å². The molecule has 0 bridgehead atoms. The third kappa shape index (κ3) is 4.86. The van der Waals surface area contributed by atoms with Gasteiger partial charge < -0.3 is 5.32 Å². The molecule has 0 amide bonds. The van der Waals surface area contributed by atoms with Crippen molar-refractivity contribution in [3.63, 3.8) is 0 Å². The highest BCUT2D eigenvalue weighted by molar-refractivity contribution is 4.86. The van der Waals surface area contributed by atoms with Crippen LogP contribution in [0, 0.1) is 0 Å². The molecule has 0 saturated heterocycles. The van der Waals surface area contributed by atoms with Crippen LogP contribution in [0.5, 0.6) is 0 Å². The highest BCUT2D eigenvalue weighted by Gasteiger charge is 2.08. The lowest BCUT2D eigenvalue weighted by Gasteiger charge is -2.14. The summed E-state index contributed by atoms with van der Waals surface area (Å²) in [4.78, 5) is 4.30. The Hall–Kier alpha value is -0.900. The molecule has 0 spiro atoms. The van der Waals surface area contributed by atoms with E-state index in [-0.39, 0.29) is 0 Å². The molecule has 1 heterocycles. The molecular formula is C13H26N4. The third-order valence-corrected chi connectivity index (χ3v) is 2.99. The molecule has 1 rings (SSSR count). The first kappa shape index (κ1) is 14.2. The number of nitrogens with zero attached hydrogens (tertiary/aromatic N) is 3. The molecule has 0 fully saturated rings. The van der Waals surface area contributed by atoms with E-state index < -0.39 is 0 Å². The second kappa shape index (κ2) is 7.43. The fourth-order valence-corrected chi connectivity index (χ4v) is 1.90. The van der Waals surface area contributed by atoms with Gasteiger partial charge in [-0.15, -0.1) is 0 Å². The highest BCUT2D eigenvalue weighted by Crippen LogP contribution is 2.07. The second-order valence-electron chi connectivity index (χ2n) is 4.99. The Morgan fingerprint density at radius 2 is 2.06 bits per heavy atom. The monoisotopic (exact) mass is 238 g/mol. The molecule has 1 unspecified atom stereocenters. The summed E-state index contributed by atoms with van der Waals surface area (Å²) >= 11 is 0. The summed E-state index contributed by atoms with van der Waals surface area (Å²) in [6.45, 7) is 9.55. The van der Waals surface area contributed by atoms with Crippen LogP contribution >= 0.6 is 0 Å². The molecule has 98 valence electrons. The van der Waals surface area contributed by atoms with E-state index in [1.54, 1.807) is 6.33 Å². The maximum absolute atomic E-state index is 4.30. The Morgan fingerprint density at radius 1 is 1.29 bits per heavy atom. The minimum absolute atomic E-state index is 0.379. The predicted molar refractivity (Wildman–Crippen MR) is 70.9 cm³/mol. The lowest BCUT2D eigenvalue weighted by molar-refractivity contribution is 0.448. The van der Waals surface area contributed by atoms with Gasteiger partial charge >= 0.3 is 0 Å². The summed E-state index contributed by atoms with van der Waals surface area (Å²) in [5.41, 5.74) is 0. The van der Waals surface area contributed by atoms with E-state index in [0.29, 0.717) is 12.1 Å². The van der Waals surface area contributed by atoms with Gasteiger partial charge in [-0.25, -0.2) is 9.67 Å². The maximum atomic E-state index is 4.30. The molecule has 4 heteroatoms. The SMILES string of the molecule is CCCCCC(C)NCc1ncnn1C(C)C. The number of aromatic nitrogens is 3. The van der Waals surface area contributed by atoms with Crippen LogP contribution in [0.25, 0.3) is 0 Å². The van der Waals surface area contributed by atoms with Gasteiger partial charge in [0.25, 0.3) is 0 Å². The van der Waals surface area contributed by atoms with Crippen LogP contribution in [0.2, 0.25) is 0 Å². The Morgan fingerprint density at radius 3 is 2.71 bits per heavy atom. The molecule has 1 aromatic heterocycles. The minimum atomic E-state index is 0.379. The summed E-state index contributed by atoms with van der Waals surface area (Å²) in [5.74, 6) is 1.03. The first-order valence-corrected chi connectivity index (χ1v) is 6.76. The van der Waals surface area contributed by atoms with Gasteiger partial charge in [0.1, 0.15) is 12.2 Å². The van der Waals surface area contributed by atoms with Gasteiger partial charge in [-0.2, -0.15) is 5.10 Å². The van der Waals surface area contributed by atoms with Crippen molar-refractivity contribution in [1.82, 2.24) is 20.1 Å². The Balaban J connectivity index is 2.31. The van der Waals surface area contributed by atoms with Crippen molar-refractivity contribution in [2.24, 2.45) is 0 Å². The molecule has 0 saturated carbocycles. The molecule has 1 N–H and O–H groups in total. The quantitative estimate of drug-likeness (QED) is 0.708. The summed E-state index contributed by atoms with van der Waals surface area (Å²) in [5, 5.41) is 7.75. The number of rotatable bonds is 8. The van der Waals surface area contributed by atoms with Crippen molar-refractivity contribution in [2.45, 2.75) is 72.0 Å². The maximum Gasteiger partial charge on any atom is 0.141 e. The van der Waals surface area contributed by atoms with Crippen LogP contribution in [0.4, 0.5) is 0 Å². The Bertz CT molecular complexity index is 306. The minimum Gasteiger partial charge on any atom is -0.307 e. The summed E-state index contributed by atoms with van der Waals surface area (Å²) in [6.07, 6.45) is 6.80. The van der Waals surface area contributed by atoms with Gasteiger partial charge in [0.05, 0.1) is 6.54 Å². The smallest absolute Gasteiger partial charge is 0.141 e. The molecule has 17 heavy (non-hydrogen) atoms. The van der Waals surface area contributed by atoms with Crippen LogP contribution < -0.4 is 5.32 Å². The van der Waals surface area contributed by atoms with E-state index in [4.69, 9.17) is 0 Å². The van der Waals surface area contributed by atoms with Gasteiger partial charge in [-0.1, -0.05) is 26.2 Å². The van der Waals surface area contributed by atoms with Gasteiger partial charge in [-0.3, -0.25) is 0 Å². The summed E-state index contributed by atoms with van der Waals surface area (Å²) in [7, 11) is 0. The van der Waals surface area contributed by atoms with E-state index in [2.05, 4.69) is 43.1 Å². The lowest BCUT2D eigenvalue weighted by atomic mass is 10.1. The molecule has 0 aliphatic carbocycles. The molecule has 0 aliphatic heterocycles. The van der Waals surface area contributed by atoms with Gasteiger partial charge in [0.15, 0.2) is 0 Å². The van der Waals surface area contributed by atoms with Crippen LogP contribution in [0.15, 0.2) is 6.33 Å². The molecule has 0 aromatic carbocycles. The molecular weight excluding hydrogens is 212 g/mol. The number of hydrogen-bond acceptors (Lipinski definition) is 3. The Labute approximate surface area is 105 Å². The van der Waals surface area contributed by atoms with Crippen molar-refractivity contribution in [1.29, 1.82) is 0 Å². The summed E-state index contributed by atoms with van der Waals surface area (Å²) in [6, 6.07) is 0.934. The van der Waals surface area contributed by atoms with Crippen molar-refractivity contribution >= 4 is 0 Å². The number of unbranched alkanes of at least 4 members (excludes halogenated alkanes) is 2. The van der Waals surface area contributed by atoms with Crippen LogP contribution in [0.1, 0.15) is 65.2 Å². The van der Waals surface area contributed by atoms with Crippen molar-refractivity contribution in [3.05, 3.63) is 12.2 Å². The first-order valence-electron chi connectivity index (χ1n) is 6.76. The molecule has 1 atom stereocenters. The van der Waals surface area contributed by atoms with Crippen molar-refractivity contribution in [2.75, 3.05) is 0 Å². The highest BCUT2D eigenvalue weighted by atomic mass is 15.4. The van der Waals surface area contributed by atoms with Gasteiger partial charge in [0, 0.05) is 12.1 Å². The van der Waals surface area contributed by atoms with Crippen molar-refractivity contribution < 1.29 is 0 Å². The number of hydrogen-bond donors (Lipinski definition) is 1. The third-order valence-electron chi connectivity index (χ3n) is 2.99. The van der Waals surface area contributed by atoms with E-state index >= 15 is 0 Å². The van der Waals surface area contributed by atoms with E-state index in [9.17, 15) is 0 Å². The van der Waals surface area contributed by atoms with Gasteiger partial charge in [-0.05, 0) is 27.2 Å². The fraction of sp³-hybridized carbons (Fsp3) is 0.846. The molecule has 0 aliphatic rings. The Kier molecular flexibility index (Phi) is 6.19. The average Bonchev–Trinajstić information content (AvgIpc) is 2.75.